The molecule has 9 heteroatoms. The summed E-state index contributed by atoms with van der Waals surface area (Å²) in [7, 11) is 3.88. The topological polar surface area (TPSA) is 65.9 Å². The molecule has 1 atom stereocenters. The maximum atomic E-state index is 6.23. The molecule has 0 amide bonds. The highest BCUT2D eigenvalue weighted by atomic mass is 35.5. The molecule has 3 aromatic heterocycles. The molecule has 1 aromatic carbocycles. The fraction of sp³-hybridized carbons (Fsp3) is 0.348. The minimum atomic E-state index is 0.0444. The third-order valence-electron chi connectivity index (χ3n) is 5.68. The number of aryl methyl sites for hydroxylation is 2. The number of fused-ring (bicyclic) bond motifs is 1. The number of nitrogens with zero attached hydrogens (tertiary/aromatic N) is 7. The van der Waals surface area contributed by atoms with Crippen LogP contribution in [0.25, 0.3) is 11.3 Å². The van der Waals surface area contributed by atoms with E-state index >= 15 is 0 Å². The minimum absolute atomic E-state index is 0.0444. The number of ether oxygens (including phenoxy) is 1. The van der Waals surface area contributed by atoms with Crippen molar-refractivity contribution in [2.45, 2.75) is 32.3 Å². The van der Waals surface area contributed by atoms with Gasteiger partial charge in [-0.3, -0.25) is 14.3 Å². The van der Waals surface area contributed by atoms with Crippen molar-refractivity contribution >= 4 is 11.6 Å². The summed E-state index contributed by atoms with van der Waals surface area (Å²) in [5, 5.41) is 9.37. The van der Waals surface area contributed by atoms with Gasteiger partial charge in [0, 0.05) is 67.8 Å². The lowest BCUT2D eigenvalue weighted by Crippen LogP contribution is -2.38. The summed E-state index contributed by atoms with van der Waals surface area (Å²) in [6, 6.07) is 7.91. The first kappa shape index (κ1) is 20.9. The zero-order valence-corrected chi connectivity index (χ0v) is 19.0. The standard InChI is InChI=1S/C23H26ClN7O/c1-28-10-17(7-26-28)12-30(13-18-8-27-29(2)11-18)14-21-15-31-22(9-25-23(31)16-32-21)19-4-3-5-20(24)6-19/h3-11,21H,12-16H2,1-2H3/t21-/m0/s1. The van der Waals surface area contributed by atoms with Gasteiger partial charge in [0.25, 0.3) is 0 Å². The molecule has 0 fully saturated rings. The van der Waals surface area contributed by atoms with E-state index in [2.05, 4.69) is 43.1 Å². The van der Waals surface area contributed by atoms with Crippen molar-refractivity contribution in [2.75, 3.05) is 6.54 Å². The highest BCUT2D eigenvalue weighted by molar-refractivity contribution is 6.30. The molecule has 5 rings (SSSR count). The normalized spacial score (nSPS) is 15.9. The second-order valence-corrected chi connectivity index (χ2v) is 8.76. The predicted molar refractivity (Wildman–Crippen MR) is 122 cm³/mol. The third-order valence-corrected chi connectivity index (χ3v) is 5.92. The van der Waals surface area contributed by atoms with Gasteiger partial charge in [0.2, 0.25) is 0 Å². The van der Waals surface area contributed by atoms with Gasteiger partial charge in [-0.15, -0.1) is 0 Å². The summed E-state index contributed by atoms with van der Waals surface area (Å²) >= 11 is 6.23. The van der Waals surface area contributed by atoms with Crippen LogP contribution in [0.5, 0.6) is 0 Å². The predicted octanol–water partition coefficient (Wildman–Crippen LogP) is 3.27. The Kier molecular flexibility index (Phi) is 5.82. The van der Waals surface area contributed by atoms with Crippen molar-refractivity contribution in [3.05, 3.63) is 77.2 Å². The van der Waals surface area contributed by atoms with Gasteiger partial charge in [-0.1, -0.05) is 23.7 Å². The molecule has 4 aromatic rings. The molecule has 0 unspecified atom stereocenters. The summed E-state index contributed by atoms with van der Waals surface area (Å²) in [5.74, 6) is 0.947. The molecule has 1 aliphatic heterocycles. The van der Waals surface area contributed by atoms with E-state index in [1.54, 1.807) is 0 Å². The van der Waals surface area contributed by atoms with Gasteiger partial charge in [-0.2, -0.15) is 10.2 Å². The van der Waals surface area contributed by atoms with Crippen molar-refractivity contribution in [1.29, 1.82) is 0 Å². The van der Waals surface area contributed by atoms with E-state index in [-0.39, 0.29) is 6.10 Å². The van der Waals surface area contributed by atoms with Crippen LogP contribution in [-0.4, -0.2) is 46.7 Å². The van der Waals surface area contributed by atoms with Gasteiger partial charge in [0.1, 0.15) is 12.4 Å². The number of aromatic nitrogens is 6. The highest BCUT2D eigenvalue weighted by Crippen LogP contribution is 2.27. The monoisotopic (exact) mass is 451 g/mol. The van der Waals surface area contributed by atoms with Gasteiger partial charge < -0.3 is 9.30 Å². The lowest BCUT2D eigenvalue weighted by Gasteiger charge is -2.31. The van der Waals surface area contributed by atoms with Gasteiger partial charge in [0.05, 0.1) is 36.9 Å². The maximum absolute atomic E-state index is 6.23. The molecular formula is C23H26ClN7O. The summed E-state index contributed by atoms with van der Waals surface area (Å²) in [5.41, 5.74) is 4.49. The molecule has 0 spiro atoms. The third kappa shape index (κ3) is 4.62. The number of hydrogen-bond donors (Lipinski definition) is 0. The van der Waals surface area contributed by atoms with E-state index in [1.807, 2.05) is 60.2 Å². The van der Waals surface area contributed by atoms with Crippen LogP contribution in [0.1, 0.15) is 17.0 Å². The molecule has 166 valence electrons. The number of hydrogen-bond acceptors (Lipinski definition) is 5. The zero-order chi connectivity index (χ0) is 22.1. The second kappa shape index (κ2) is 8.90. The first-order valence-electron chi connectivity index (χ1n) is 10.6. The lowest BCUT2D eigenvalue weighted by molar-refractivity contribution is -0.0206. The van der Waals surface area contributed by atoms with E-state index in [4.69, 9.17) is 16.3 Å². The zero-order valence-electron chi connectivity index (χ0n) is 18.2. The van der Waals surface area contributed by atoms with Crippen LogP contribution in [0.2, 0.25) is 5.02 Å². The molecule has 0 bridgehead atoms. The smallest absolute Gasteiger partial charge is 0.135 e. The quantitative estimate of drug-likeness (QED) is 0.431. The summed E-state index contributed by atoms with van der Waals surface area (Å²) in [4.78, 5) is 6.97. The van der Waals surface area contributed by atoms with Crippen molar-refractivity contribution in [1.82, 2.24) is 34.0 Å². The molecule has 32 heavy (non-hydrogen) atoms. The van der Waals surface area contributed by atoms with Crippen molar-refractivity contribution in [3.8, 4) is 11.3 Å². The van der Waals surface area contributed by atoms with Gasteiger partial charge >= 0.3 is 0 Å². The maximum Gasteiger partial charge on any atom is 0.135 e. The largest absolute Gasteiger partial charge is 0.367 e. The molecule has 0 saturated heterocycles. The minimum Gasteiger partial charge on any atom is -0.367 e. The Balaban J connectivity index is 1.35. The first-order chi connectivity index (χ1) is 15.5. The Morgan fingerprint density at radius 1 is 1.06 bits per heavy atom. The first-order valence-corrected chi connectivity index (χ1v) is 11.0. The van der Waals surface area contributed by atoms with Crippen LogP contribution in [0.15, 0.2) is 55.2 Å². The van der Waals surface area contributed by atoms with Crippen LogP contribution in [0.3, 0.4) is 0 Å². The lowest BCUT2D eigenvalue weighted by atomic mass is 10.1. The van der Waals surface area contributed by atoms with Crippen LogP contribution < -0.4 is 0 Å². The van der Waals surface area contributed by atoms with Gasteiger partial charge in [-0.05, 0) is 12.1 Å². The van der Waals surface area contributed by atoms with Crippen molar-refractivity contribution in [2.24, 2.45) is 14.1 Å². The molecule has 0 saturated carbocycles. The van der Waals surface area contributed by atoms with Crippen molar-refractivity contribution in [3.63, 3.8) is 0 Å². The average molecular weight is 452 g/mol. The van der Waals surface area contributed by atoms with E-state index < -0.39 is 0 Å². The van der Waals surface area contributed by atoms with E-state index in [1.165, 1.54) is 11.1 Å². The molecule has 0 aliphatic carbocycles. The van der Waals surface area contributed by atoms with Crippen LogP contribution in [-0.2, 0) is 45.1 Å². The molecule has 4 heterocycles. The Bertz CT molecular complexity index is 1170. The van der Waals surface area contributed by atoms with Gasteiger partial charge in [-0.25, -0.2) is 4.98 Å². The molecule has 0 N–H and O–H groups in total. The Labute approximate surface area is 192 Å². The Morgan fingerprint density at radius 3 is 2.41 bits per heavy atom. The Morgan fingerprint density at radius 2 is 1.78 bits per heavy atom. The number of benzene rings is 1. The number of rotatable bonds is 7. The van der Waals surface area contributed by atoms with Crippen LogP contribution in [0.4, 0.5) is 0 Å². The fourth-order valence-corrected chi connectivity index (χ4v) is 4.46. The van der Waals surface area contributed by atoms with Crippen LogP contribution in [0, 0.1) is 0 Å². The van der Waals surface area contributed by atoms with Gasteiger partial charge in [0.15, 0.2) is 0 Å². The van der Waals surface area contributed by atoms with E-state index in [0.717, 1.165) is 48.3 Å². The Hall–Kier alpha value is -2.94. The molecule has 1 aliphatic rings. The summed E-state index contributed by atoms with van der Waals surface area (Å²) in [6.07, 6.45) is 9.91. The number of imidazole rings is 1. The summed E-state index contributed by atoms with van der Waals surface area (Å²) in [6.45, 7) is 3.62. The molecule has 8 nitrogen and oxygen atoms in total. The van der Waals surface area contributed by atoms with E-state index in [9.17, 15) is 0 Å². The highest BCUT2D eigenvalue weighted by Gasteiger charge is 2.25. The number of halogens is 1. The van der Waals surface area contributed by atoms with Crippen LogP contribution >= 0.6 is 11.6 Å². The SMILES string of the molecule is Cn1cc(CN(Cc2cnn(C)c2)C[C@H]2Cn3c(-c4cccc(Cl)c4)cnc3CO2)cn1. The average Bonchev–Trinajstić information content (AvgIpc) is 3.48. The molecular weight excluding hydrogens is 426 g/mol. The molecule has 0 radical (unpaired) electrons. The second-order valence-electron chi connectivity index (χ2n) is 8.33. The fourth-order valence-electron chi connectivity index (χ4n) is 4.27. The van der Waals surface area contributed by atoms with Crippen molar-refractivity contribution < 1.29 is 4.74 Å². The summed E-state index contributed by atoms with van der Waals surface area (Å²) < 4.78 is 12.1. The van der Waals surface area contributed by atoms with E-state index in [0.29, 0.717) is 6.61 Å².